The molecular weight excluding hydrogens is 188 g/mol. The standard InChI is InChI=1S/C12H18N2O/c1-2-14-8-7-12(9-14)15-11-5-3-10(13)4-6-11/h3-6,12H,2,7-9,13H2,1H3/t12-/m0/s1. The van der Waals surface area contributed by atoms with Gasteiger partial charge in [-0.3, -0.25) is 4.90 Å². The second-order valence-corrected chi connectivity index (χ2v) is 3.99. The van der Waals surface area contributed by atoms with Gasteiger partial charge in [-0.2, -0.15) is 0 Å². The molecule has 3 nitrogen and oxygen atoms in total. The van der Waals surface area contributed by atoms with Crippen LogP contribution in [0.3, 0.4) is 0 Å². The number of benzene rings is 1. The lowest BCUT2D eigenvalue weighted by atomic mass is 10.3. The summed E-state index contributed by atoms with van der Waals surface area (Å²) in [6.07, 6.45) is 1.46. The number of likely N-dealkylation sites (N-methyl/N-ethyl adjacent to an activating group) is 1. The van der Waals surface area contributed by atoms with Crippen molar-refractivity contribution in [1.29, 1.82) is 0 Å². The number of anilines is 1. The quantitative estimate of drug-likeness (QED) is 0.766. The highest BCUT2D eigenvalue weighted by Crippen LogP contribution is 2.19. The summed E-state index contributed by atoms with van der Waals surface area (Å²) < 4.78 is 5.87. The van der Waals surface area contributed by atoms with Crippen molar-refractivity contribution < 1.29 is 4.74 Å². The van der Waals surface area contributed by atoms with E-state index in [-0.39, 0.29) is 0 Å². The van der Waals surface area contributed by atoms with E-state index in [0.717, 1.165) is 37.5 Å². The summed E-state index contributed by atoms with van der Waals surface area (Å²) >= 11 is 0. The molecule has 0 bridgehead atoms. The maximum atomic E-state index is 5.87. The highest BCUT2D eigenvalue weighted by Gasteiger charge is 2.22. The van der Waals surface area contributed by atoms with Gasteiger partial charge in [0.15, 0.2) is 0 Å². The first-order valence-electron chi connectivity index (χ1n) is 5.52. The first-order chi connectivity index (χ1) is 7.28. The molecule has 1 aliphatic heterocycles. The summed E-state index contributed by atoms with van der Waals surface area (Å²) in [4.78, 5) is 2.40. The number of hydrogen-bond donors (Lipinski definition) is 1. The second-order valence-electron chi connectivity index (χ2n) is 3.99. The second kappa shape index (κ2) is 4.53. The van der Waals surface area contributed by atoms with Crippen LogP contribution in [0, 0.1) is 0 Å². The van der Waals surface area contributed by atoms with Crippen LogP contribution >= 0.6 is 0 Å². The van der Waals surface area contributed by atoms with Crippen LogP contribution in [0.5, 0.6) is 5.75 Å². The van der Waals surface area contributed by atoms with E-state index in [2.05, 4.69) is 11.8 Å². The Labute approximate surface area is 90.8 Å². The van der Waals surface area contributed by atoms with Gasteiger partial charge in [-0.15, -0.1) is 0 Å². The van der Waals surface area contributed by atoms with Crippen LogP contribution in [0.1, 0.15) is 13.3 Å². The molecule has 82 valence electrons. The third kappa shape index (κ3) is 2.63. The molecule has 1 aromatic carbocycles. The maximum absolute atomic E-state index is 5.87. The van der Waals surface area contributed by atoms with Crippen molar-refractivity contribution in [2.75, 3.05) is 25.4 Å². The third-order valence-corrected chi connectivity index (χ3v) is 2.86. The van der Waals surface area contributed by atoms with Gasteiger partial charge in [0.05, 0.1) is 0 Å². The van der Waals surface area contributed by atoms with Crippen molar-refractivity contribution in [1.82, 2.24) is 4.90 Å². The molecule has 0 aliphatic carbocycles. The minimum Gasteiger partial charge on any atom is -0.489 e. The fourth-order valence-corrected chi connectivity index (χ4v) is 1.92. The minimum absolute atomic E-state index is 0.341. The number of ether oxygens (including phenoxy) is 1. The molecular formula is C12H18N2O. The van der Waals surface area contributed by atoms with E-state index in [4.69, 9.17) is 10.5 Å². The molecule has 1 fully saturated rings. The molecule has 1 aromatic rings. The Balaban J connectivity index is 1.90. The van der Waals surface area contributed by atoms with Gasteiger partial charge in [0.25, 0.3) is 0 Å². The Bertz CT molecular complexity index is 310. The molecule has 1 heterocycles. The lowest BCUT2D eigenvalue weighted by molar-refractivity contribution is 0.202. The summed E-state index contributed by atoms with van der Waals surface area (Å²) in [6, 6.07) is 7.62. The largest absolute Gasteiger partial charge is 0.489 e. The summed E-state index contributed by atoms with van der Waals surface area (Å²) in [5, 5.41) is 0. The summed E-state index contributed by atoms with van der Waals surface area (Å²) in [7, 11) is 0. The topological polar surface area (TPSA) is 38.5 Å². The number of nitrogens with zero attached hydrogens (tertiary/aromatic N) is 1. The minimum atomic E-state index is 0.341. The Morgan fingerprint density at radius 3 is 2.73 bits per heavy atom. The predicted molar refractivity (Wildman–Crippen MR) is 62.0 cm³/mol. The van der Waals surface area contributed by atoms with E-state index in [1.165, 1.54) is 0 Å². The highest BCUT2D eigenvalue weighted by molar-refractivity contribution is 5.41. The smallest absolute Gasteiger partial charge is 0.119 e. The van der Waals surface area contributed by atoms with Crippen LogP contribution in [0.15, 0.2) is 24.3 Å². The summed E-state index contributed by atoms with van der Waals surface area (Å²) in [5.41, 5.74) is 6.40. The number of nitrogen functional groups attached to an aromatic ring is 1. The van der Waals surface area contributed by atoms with Crippen LogP contribution in [0.25, 0.3) is 0 Å². The van der Waals surface area contributed by atoms with Gasteiger partial charge >= 0.3 is 0 Å². The van der Waals surface area contributed by atoms with E-state index < -0.39 is 0 Å². The van der Waals surface area contributed by atoms with Crippen LogP contribution in [-0.2, 0) is 0 Å². The van der Waals surface area contributed by atoms with Crippen molar-refractivity contribution in [3.63, 3.8) is 0 Å². The van der Waals surface area contributed by atoms with Crippen LogP contribution in [-0.4, -0.2) is 30.6 Å². The Kier molecular flexibility index (Phi) is 3.11. The third-order valence-electron chi connectivity index (χ3n) is 2.86. The van der Waals surface area contributed by atoms with Crippen molar-refractivity contribution in [3.8, 4) is 5.75 Å². The number of nitrogens with two attached hydrogens (primary N) is 1. The molecule has 3 heteroatoms. The average Bonchev–Trinajstić information content (AvgIpc) is 2.69. The molecule has 0 spiro atoms. The SMILES string of the molecule is CCN1CC[C@H](Oc2ccc(N)cc2)C1. The Morgan fingerprint density at radius 2 is 2.13 bits per heavy atom. The number of likely N-dealkylation sites (tertiary alicyclic amines) is 1. The molecule has 0 amide bonds. The van der Waals surface area contributed by atoms with Gasteiger partial charge in [-0.25, -0.2) is 0 Å². The van der Waals surface area contributed by atoms with E-state index in [1.807, 2.05) is 24.3 Å². The van der Waals surface area contributed by atoms with Gasteiger partial charge in [-0.05, 0) is 37.2 Å². The predicted octanol–water partition coefficient (Wildman–Crippen LogP) is 1.74. The molecule has 1 aliphatic rings. The van der Waals surface area contributed by atoms with Gasteiger partial charge in [-0.1, -0.05) is 6.92 Å². The van der Waals surface area contributed by atoms with Gasteiger partial charge < -0.3 is 10.5 Å². The highest BCUT2D eigenvalue weighted by atomic mass is 16.5. The Morgan fingerprint density at radius 1 is 1.40 bits per heavy atom. The number of hydrogen-bond acceptors (Lipinski definition) is 3. The van der Waals surface area contributed by atoms with E-state index in [0.29, 0.717) is 6.10 Å². The van der Waals surface area contributed by atoms with Crippen LogP contribution in [0.4, 0.5) is 5.69 Å². The first kappa shape index (κ1) is 10.3. The molecule has 2 N–H and O–H groups in total. The van der Waals surface area contributed by atoms with Gasteiger partial charge in [0.2, 0.25) is 0 Å². The zero-order chi connectivity index (χ0) is 10.7. The molecule has 0 aromatic heterocycles. The van der Waals surface area contributed by atoms with Crippen molar-refractivity contribution in [3.05, 3.63) is 24.3 Å². The maximum Gasteiger partial charge on any atom is 0.119 e. The molecule has 15 heavy (non-hydrogen) atoms. The lowest BCUT2D eigenvalue weighted by Gasteiger charge is -2.15. The zero-order valence-corrected chi connectivity index (χ0v) is 9.15. The summed E-state index contributed by atoms with van der Waals surface area (Å²) in [6.45, 7) is 5.49. The molecule has 0 radical (unpaired) electrons. The molecule has 0 saturated carbocycles. The van der Waals surface area contributed by atoms with E-state index in [1.54, 1.807) is 0 Å². The summed E-state index contributed by atoms with van der Waals surface area (Å²) in [5.74, 6) is 0.923. The molecule has 1 atom stereocenters. The average molecular weight is 206 g/mol. The zero-order valence-electron chi connectivity index (χ0n) is 9.15. The molecule has 1 saturated heterocycles. The fourth-order valence-electron chi connectivity index (χ4n) is 1.92. The monoisotopic (exact) mass is 206 g/mol. The van der Waals surface area contributed by atoms with Gasteiger partial charge in [0.1, 0.15) is 11.9 Å². The van der Waals surface area contributed by atoms with Gasteiger partial charge in [0, 0.05) is 18.8 Å². The van der Waals surface area contributed by atoms with Crippen molar-refractivity contribution in [2.24, 2.45) is 0 Å². The van der Waals surface area contributed by atoms with Crippen LogP contribution in [0.2, 0.25) is 0 Å². The Hall–Kier alpha value is -1.22. The lowest BCUT2D eigenvalue weighted by Crippen LogP contribution is -2.24. The van der Waals surface area contributed by atoms with Crippen LogP contribution < -0.4 is 10.5 Å². The van der Waals surface area contributed by atoms with Crippen molar-refractivity contribution >= 4 is 5.69 Å². The first-order valence-corrected chi connectivity index (χ1v) is 5.52. The van der Waals surface area contributed by atoms with Crippen molar-refractivity contribution in [2.45, 2.75) is 19.4 Å². The number of rotatable bonds is 3. The fraction of sp³-hybridized carbons (Fsp3) is 0.500. The van der Waals surface area contributed by atoms with E-state index >= 15 is 0 Å². The molecule has 0 unspecified atom stereocenters. The van der Waals surface area contributed by atoms with E-state index in [9.17, 15) is 0 Å². The normalized spacial score (nSPS) is 21.8. The molecule has 2 rings (SSSR count).